The molecule has 0 unspecified atom stereocenters. The van der Waals surface area contributed by atoms with Crippen LogP contribution in [0, 0.1) is 0 Å². The zero-order valence-corrected chi connectivity index (χ0v) is 9.48. The van der Waals surface area contributed by atoms with E-state index >= 15 is 0 Å². The molecule has 0 aliphatic carbocycles. The first kappa shape index (κ1) is 13.0. The maximum atomic E-state index is 13.7. The first-order valence-electron chi connectivity index (χ1n) is 3.23. The summed E-state index contributed by atoms with van der Waals surface area (Å²) in [5.41, 5.74) is 0. The third kappa shape index (κ3) is 3.68. The highest BCUT2D eigenvalue weighted by Crippen LogP contribution is 2.55. The molecular weight excluding hydrogens is 223 g/mol. The molecule has 0 spiro atoms. The molecule has 0 rings (SSSR count). The van der Waals surface area contributed by atoms with Crippen molar-refractivity contribution in [2.45, 2.75) is 0 Å². The lowest BCUT2D eigenvalue weighted by Gasteiger charge is -2.26. The normalized spacial score (nSPS) is 13.8. The van der Waals surface area contributed by atoms with Crippen LogP contribution in [0.15, 0.2) is 4.15 Å². The van der Waals surface area contributed by atoms with Gasteiger partial charge in [-0.3, -0.25) is 0 Å². The van der Waals surface area contributed by atoms with Crippen molar-refractivity contribution >= 4 is 18.1 Å². The van der Waals surface area contributed by atoms with E-state index < -0.39 is 18.1 Å². The molecule has 80 valence electrons. The summed E-state index contributed by atoms with van der Waals surface area (Å²) in [6.07, 6.45) is 0. The standard InChI is InChI=1S/C4H12F2N3O2PS/c1-8(2)12(5,9(3)4)7-13(6,10)11/h1-4H3. The van der Waals surface area contributed by atoms with Crippen LogP contribution in [0.1, 0.15) is 0 Å². The molecule has 0 saturated heterocycles. The lowest BCUT2D eigenvalue weighted by molar-refractivity contribution is 0.499. The van der Waals surface area contributed by atoms with Gasteiger partial charge in [0.25, 0.3) is 7.67 Å². The molecule has 13 heavy (non-hydrogen) atoms. The van der Waals surface area contributed by atoms with Crippen LogP contribution in [0.3, 0.4) is 0 Å². The molecule has 0 radical (unpaired) electrons. The summed E-state index contributed by atoms with van der Waals surface area (Å²) in [7, 11) is -3.89. The zero-order valence-electron chi connectivity index (χ0n) is 7.77. The van der Waals surface area contributed by atoms with Crippen molar-refractivity contribution < 1.29 is 16.5 Å². The molecule has 0 aliphatic heterocycles. The molecule has 0 atom stereocenters. The Morgan fingerprint density at radius 1 is 1.15 bits per heavy atom. The van der Waals surface area contributed by atoms with Gasteiger partial charge in [0.05, 0.1) is 0 Å². The van der Waals surface area contributed by atoms with Crippen LogP contribution < -0.4 is 0 Å². The molecular formula is C4H12F2N3O2PS. The van der Waals surface area contributed by atoms with Crippen molar-refractivity contribution in [2.75, 3.05) is 28.2 Å². The maximum absolute atomic E-state index is 13.7. The van der Waals surface area contributed by atoms with E-state index in [1.807, 2.05) is 0 Å². The van der Waals surface area contributed by atoms with E-state index in [1.54, 1.807) is 0 Å². The highest BCUT2D eigenvalue weighted by Gasteiger charge is 2.28. The lowest BCUT2D eigenvalue weighted by Crippen LogP contribution is -2.18. The topological polar surface area (TPSA) is 53.0 Å². The van der Waals surface area contributed by atoms with Crippen molar-refractivity contribution in [1.29, 1.82) is 0 Å². The molecule has 0 fully saturated rings. The van der Waals surface area contributed by atoms with Crippen molar-refractivity contribution in [3.8, 4) is 0 Å². The Morgan fingerprint density at radius 3 is 1.54 bits per heavy atom. The third-order valence-corrected chi connectivity index (χ3v) is 4.87. The molecule has 0 amide bonds. The van der Waals surface area contributed by atoms with Crippen molar-refractivity contribution in [3.63, 3.8) is 0 Å². The molecule has 0 saturated carbocycles. The summed E-state index contributed by atoms with van der Waals surface area (Å²) < 4.78 is 50.6. The molecule has 0 bridgehead atoms. The van der Waals surface area contributed by atoms with Gasteiger partial charge in [-0.25, -0.2) is 9.34 Å². The predicted octanol–water partition coefficient (Wildman–Crippen LogP) is 1.24. The van der Waals surface area contributed by atoms with Crippen LogP contribution in [-0.2, 0) is 10.4 Å². The Hall–Kier alpha value is -0.0400. The number of hydrogen-bond acceptors (Lipinski definition) is 2. The maximum Gasteiger partial charge on any atom is 0.421 e. The highest BCUT2D eigenvalue weighted by molar-refractivity contribution is 7.88. The summed E-state index contributed by atoms with van der Waals surface area (Å²) >= 11 is 0. The Kier molecular flexibility index (Phi) is 3.98. The number of halogens is 2. The summed E-state index contributed by atoms with van der Waals surface area (Å²) in [4.78, 5) is 0. The fourth-order valence-electron chi connectivity index (χ4n) is 0.628. The van der Waals surface area contributed by atoms with Crippen LogP contribution in [0.5, 0.6) is 0 Å². The molecule has 0 N–H and O–H groups in total. The second-order valence-corrected chi connectivity index (χ2v) is 6.75. The average Bonchev–Trinajstić information content (AvgIpc) is 1.82. The van der Waals surface area contributed by atoms with Crippen molar-refractivity contribution in [2.24, 2.45) is 4.15 Å². The largest absolute Gasteiger partial charge is 0.421 e. The smallest absolute Gasteiger partial charge is 0.238 e. The first-order valence-corrected chi connectivity index (χ1v) is 6.11. The second kappa shape index (κ2) is 4.00. The van der Waals surface area contributed by atoms with Gasteiger partial charge in [-0.2, -0.15) is 12.6 Å². The van der Waals surface area contributed by atoms with Gasteiger partial charge in [0.2, 0.25) is 0 Å². The van der Waals surface area contributed by atoms with E-state index in [1.165, 1.54) is 28.2 Å². The van der Waals surface area contributed by atoms with E-state index in [9.17, 15) is 16.5 Å². The van der Waals surface area contributed by atoms with E-state index in [0.29, 0.717) is 0 Å². The Labute approximate surface area is 77.0 Å². The van der Waals surface area contributed by atoms with Gasteiger partial charge in [-0.1, -0.05) is 8.04 Å². The van der Waals surface area contributed by atoms with Gasteiger partial charge >= 0.3 is 10.4 Å². The summed E-state index contributed by atoms with van der Waals surface area (Å²) in [6.45, 7) is 0. The molecule has 0 aliphatic rings. The SMILES string of the molecule is CN(C)P(F)(=NS(=O)(=O)F)N(C)C. The predicted molar refractivity (Wildman–Crippen MR) is 47.9 cm³/mol. The number of nitrogens with zero attached hydrogens (tertiary/aromatic N) is 3. The third-order valence-electron chi connectivity index (χ3n) is 1.22. The summed E-state index contributed by atoms with van der Waals surface area (Å²) in [5, 5.41) is 0. The van der Waals surface area contributed by atoms with E-state index in [4.69, 9.17) is 0 Å². The van der Waals surface area contributed by atoms with Crippen LogP contribution in [0.4, 0.5) is 8.08 Å². The lowest BCUT2D eigenvalue weighted by atomic mass is 11.3. The van der Waals surface area contributed by atoms with Gasteiger partial charge in [-0.05, 0) is 28.2 Å². The van der Waals surface area contributed by atoms with E-state index in [-0.39, 0.29) is 0 Å². The fourth-order valence-corrected chi connectivity index (χ4v) is 3.50. The molecule has 9 heteroatoms. The molecule has 0 aromatic carbocycles. The Balaban J connectivity index is 5.40. The molecule has 0 aromatic heterocycles. The van der Waals surface area contributed by atoms with Crippen LogP contribution >= 0.6 is 7.67 Å². The van der Waals surface area contributed by atoms with E-state index in [0.717, 1.165) is 9.34 Å². The fraction of sp³-hybridized carbons (Fsp3) is 1.00. The highest BCUT2D eigenvalue weighted by atomic mass is 32.3. The quantitative estimate of drug-likeness (QED) is 0.545. The van der Waals surface area contributed by atoms with E-state index in [2.05, 4.69) is 4.15 Å². The van der Waals surface area contributed by atoms with Gasteiger partial charge in [0.15, 0.2) is 0 Å². The minimum absolute atomic E-state index is 0.949. The van der Waals surface area contributed by atoms with Gasteiger partial charge in [0, 0.05) is 0 Å². The Bertz CT molecular complexity index is 314. The van der Waals surface area contributed by atoms with Crippen molar-refractivity contribution in [3.05, 3.63) is 0 Å². The van der Waals surface area contributed by atoms with Crippen LogP contribution in [0.2, 0.25) is 0 Å². The summed E-state index contributed by atoms with van der Waals surface area (Å²) in [5.74, 6) is 0. The minimum Gasteiger partial charge on any atom is -0.238 e. The van der Waals surface area contributed by atoms with Crippen LogP contribution in [0.25, 0.3) is 0 Å². The monoisotopic (exact) mass is 235 g/mol. The van der Waals surface area contributed by atoms with Crippen molar-refractivity contribution in [1.82, 2.24) is 9.34 Å². The first-order chi connectivity index (χ1) is 5.59. The number of hydrogen-bond donors (Lipinski definition) is 0. The second-order valence-electron chi connectivity index (χ2n) is 2.68. The van der Waals surface area contributed by atoms with Gasteiger partial charge in [0.1, 0.15) is 0 Å². The Morgan fingerprint density at radius 2 is 1.46 bits per heavy atom. The number of rotatable bonds is 3. The van der Waals surface area contributed by atoms with Crippen LogP contribution in [-0.4, -0.2) is 45.9 Å². The summed E-state index contributed by atoms with van der Waals surface area (Å²) in [6, 6.07) is 0. The minimum atomic E-state index is -5.16. The van der Waals surface area contributed by atoms with Gasteiger partial charge in [-0.15, -0.1) is 0 Å². The van der Waals surface area contributed by atoms with Gasteiger partial charge < -0.3 is 0 Å². The zero-order chi connectivity index (χ0) is 10.9. The molecule has 5 nitrogen and oxygen atoms in total. The average molecular weight is 235 g/mol. The molecule has 0 heterocycles. The molecule has 0 aromatic rings.